The van der Waals surface area contributed by atoms with E-state index < -0.39 is 0 Å². The van der Waals surface area contributed by atoms with Gasteiger partial charge in [-0.25, -0.2) is 4.98 Å². The van der Waals surface area contributed by atoms with E-state index in [0.717, 1.165) is 24.3 Å². The zero-order valence-corrected chi connectivity index (χ0v) is 12.6. The first-order chi connectivity index (χ1) is 10.1. The van der Waals surface area contributed by atoms with Crippen LogP contribution >= 0.6 is 0 Å². The molecular formula is C16H21N3O2. The molecule has 2 N–H and O–H groups in total. The van der Waals surface area contributed by atoms with Gasteiger partial charge in [0.05, 0.1) is 6.26 Å². The molecule has 0 spiro atoms. The maximum absolute atomic E-state index is 12.2. The Morgan fingerprint density at radius 2 is 2.24 bits per heavy atom. The highest BCUT2D eigenvalue weighted by Gasteiger charge is 2.12. The lowest BCUT2D eigenvalue weighted by molar-refractivity contribution is 0.0938. The Bertz CT molecular complexity index is 594. The van der Waals surface area contributed by atoms with Gasteiger partial charge < -0.3 is 15.1 Å². The fraction of sp³-hybridized carbons (Fsp3) is 0.375. The van der Waals surface area contributed by atoms with Crippen LogP contribution in [0.4, 0.5) is 5.82 Å². The molecule has 0 aliphatic heterocycles. The van der Waals surface area contributed by atoms with Crippen molar-refractivity contribution in [2.45, 2.75) is 32.7 Å². The number of nitrogens with one attached hydrogen (secondary N) is 2. The van der Waals surface area contributed by atoms with Crippen LogP contribution in [0.25, 0.3) is 0 Å². The largest absolute Gasteiger partial charge is 0.469 e. The Kier molecular flexibility index (Phi) is 4.98. The van der Waals surface area contributed by atoms with E-state index in [9.17, 15) is 4.79 Å². The summed E-state index contributed by atoms with van der Waals surface area (Å²) >= 11 is 0. The van der Waals surface area contributed by atoms with Crippen LogP contribution in [0.15, 0.2) is 34.9 Å². The molecule has 5 nitrogen and oxygen atoms in total. The number of nitrogens with zero attached hydrogens (tertiary/aromatic N) is 1. The molecule has 1 amide bonds. The first kappa shape index (κ1) is 15.1. The lowest BCUT2D eigenvalue weighted by atomic mass is 10.1. The Balaban J connectivity index is 1.92. The molecule has 2 rings (SSSR count). The van der Waals surface area contributed by atoms with Crippen molar-refractivity contribution in [1.82, 2.24) is 10.3 Å². The third kappa shape index (κ3) is 4.34. The third-order valence-electron chi connectivity index (χ3n) is 3.25. The van der Waals surface area contributed by atoms with Gasteiger partial charge in [-0.05, 0) is 44.5 Å². The van der Waals surface area contributed by atoms with E-state index in [1.165, 1.54) is 0 Å². The molecule has 0 radical (unpaired) electrons. The maximum atomic E-state index is 12.2. The van der Waals surface area contributed by atoms with Crippen LogP contribution in [0.3, 0.4) is 0 Å². The monoisotopic (exact) mass is 287 g/mol. The van der Waals surface area contributed by atoms with Crippen molar-refractivity contribution in [3.63, 3.8) is 0 Å². The zero-order chi connectivity index (χ0) is 15.2. The Hall–Kier alpha value is -2.30. The minimum Gasteiger partial charge on any atom is -0.469 e. The normalized spacial score (nSPS) is 12.0. The van der Waals surface area contributed by atoms with Crippen LogP contribution in [0, 0.1) is 6.92 Å². The van der Waals surface area contributed by atoms with Gasteiger partial charge in [-0.3, -0.25) is 4.79 Å². The summed E-state index contributed by atoms with van der Waals surface area (Å²) in [6.07, 6.45) is 3.31. The Morgan fingerprint density at radius 3 is 2.90 bits per heavy atom. The van der Waals surface area contributed by atoms with Gasteiger partial charge in [-0.1, -0.05) is 0 Å². The molecule has 5 heteroatoms. The second-order valence-corrected chi connectivity index (χ2v) is 5.12. The quantitative estimate of drug-likeness (QED) is 0.857. The van der Waals surface area contributed by atoms with E-state index >= 15 is 0 Å². The molecule has 2 aromatic rings. The summed E-state index contributed by atoms with van der Waals surface area (Å²) in [6, 6.07) is 7.43. The average molecular weight is 287 g/mol. The highest BCUT2D eigenvalue weighted by molar-refractivity contribution is 5.95. The number of hydrogen-bond donors (Lipinski definition) is 2. The smallest absolute Gasteiger partial charge is 0.251 e. The summed E-state index contributed by atoms with van der Waals surface area (Å²) in [5.41, 5.74) is 1.44. The van der Waals surface area contributed by atoms with Gasteiger partial charge in [-0.15, -0.1) is 0 Å². The number of aromatic nitrogens is 1. The van der Waals surface area contributed by atoms with Crippen LogP contribution in [0.2, 0.25) is 0 Å². The molecule has 0 saturated heterocycles. The number of anilines is 1. The van der Waals surface area contributed by atoms with E-state index in [4.69, 9.17) is 4.42 Å². The van der Waals surface area contributed by atoms with Crippen molar-refractivity contribution in [3.8, 4) is 0 Å². The summed E-state index contributed by atoms with van der Waals surface area (Å²) in [6.45, 7) is 3.87. The third-order valence-corrected chi connectivity index (χ3v) is 3.25. The van der Waals surface area contributed by atoms with Gasteiger partial charge in [-0.2, -0.15) is 0 Å². The predicted octanol–water partition coefficient (Wildman–Crippen LogP) is 2.78. The van der Waals surface area contributed by atoms with Crippen molar-refractivity contribution in [3.05, 3.63) is 47.5 Å². The van der Waals surface area contributed by atoms with Gasteiger partial charge in [0, 0.05) is 30.8 Å². The number of amides is 1. The summed E-state index contributed by atoms with van der Waals surface area (Å²) < 4.78 is 5.29. The van der Waals surface area contributed by atoms with E-state index in [1.807, 2.05) is 26.0 Å². The van der Waals surface area contributed by atoms with Gasteiger partial charge >= 0.3 is 0 Å². The SMILES string of the molecule is CNc1cc(C(=O)NC(C)CCc2ccco2)cc(C)n1. The summed E-state index contributed by atoms with van der Waals surface area (Å²) in [7, 11) is 1.79. The molecule has 21 heavy (non-hydrogen) atoms. The molecule has 0 fully saturated rings. The molecule has 2 heterocycles. The zero-order valence-electron chi connectivity index (χ0n) is 12.6. The molecule has 0 aliphatic rings. The fourth-order valence-electron chi connectivity index (χ4n) is 2.12. The second kappa shape index (κ2) is 6.92. The number of hydrogen-bond acceptors (Lipinski definition) is 4. The number of aryl methyl sites for hydroxylation is 2. The standard InChI is InChI=1S/C16H21N3O2/c1-11(6-7-14-5-4-8-21-14)19-16(20)13-9-12(2)18-15(10-13)17-3/h4-5,8-11H,6-7H2,1-3H3,(H,17,18)(H,19,20). The molecule has 112 valence electrons. The number of carbonyl (C=O) groups is 1. The molecule has 0 aromatic carbocycles. The Labute approximate surface area is 124 Å². The summed E-state index contributed by atoms with van der Waals surface area (Å²) in [5.74, 6) is 1.56. The summed E-state index contributed by atoms with van der Waals surface area (Å²) in [4.78, 5) is 16.5. The van der Waals surface area contributed by atoms with Gasteiger partial charge in [0.15, 0.2) is 0 Å². The van der Waals surface area contributed by atoms with Crippen molar-refractivity contribution < 1.29 is 9.21 Å². The van der Waals surface area contributed by atoms with E-state index in [1.54, 1.807) is 25.4 Å². The van der Waals surface area contributed by atoms with Crippen LogP contribution in [-0.4, -0.2) is 24.0 Å². The number of furan rings is 1. The van der Waals surface area contributed by atoms with Crippen molar-refractivity contribution in [1.29, 1.82) is 0 Å². The van der Waals surface area contributed by atoms with Gasteiger partial charge in [0.1, 0.15) is 11.6 Å². The lowest BCUT2D eigenvalue weighted by Crippen LogP contribution is -2.33. The van der Waals surface area contributed by atoms with Crippen LogP contribution in [0.5, 0.6) is 0 Å². The topological polar surface area (TPSA) is 67.2 Å². The van der Waals surface area contributed by atoms with Crippen LogP contribution < -0.4 is 10.6 Å². The van der Waals surface area contributed by atoms with Crippen molar-refractivity contribution in [2.75, 3.05) is 12.4 Å². The summed E-state index contributed by atoms with van der Waals surface area (Å²) in [5, 5.41) is 5.96. The van der Waals surface area contributed by atoms with E-state index in [-0.39, 0.29) is 11.9 Å². The number of carbonyl (C=O) groups excluding carboxylic acids is 1. The van der Waals surface area contributed by atoms with Crippen LogP contribution in [-0.2, 0) is 6.42 Å². The average Bonchev–Trinajstić information content (AvgIpc) is 2.97. The molecule has 2 aromatic heterocycles. The minimum atomic E-state index is -0.0797. The fourth-order valence-corrected chi connectivity index (χ4v) is 2.12. The lowest BCUT2D eigenvalue weighted by Gasteiger charge is -2.14. The molecule has 1 atom stereocenters. The van der Waals surface area contributed by atoms with Crippen molar-refractivity contribution >= 4 is 11.7 Å². The second-order valence-electron chi connectivity index (χ2n) is 5.12. The van der Waals surface area contributed by atoms with Gasteiger partial charge in [0.2, 0.25) is 0 Å². The van der Waals surface area contributed by atoms with E-state index in [2.05, 4.69) is 15.6 Å². The molecule has 0 aliphatic carbocycles. The first-order valence-electron chi connectivity index (χ1n) is 7.08. The first-order valence-corrected chi connectivity index (χ1v) is 7.08. The van der Waals surface area contributed by atoms with E-state index in [0.29, 0.717) is 11.4 Å². The van der Waals surface area contributed by atoms with Gasteiger partial charge in [0.25, 0.3) is 5.91 Å². The molecular weight excluding hydrogens is 266 g/mol. The number of rotatable bonds is 6. The Morgan fingerprint density at radius 1 is 1.43 bits per heavy atom. The minimum absolute atomic E-state index is 0.0779. The van der Waals surface area contributed by atoms with Crippen LogP contribution in [0.1, 0.15) is 35.2 Å². The maximum Gasteiger partial charge on any atom is 0.251 e. The highest BCUT2D eigenvalue weighted by atomic mass is 16.3. The molecule has 0 saturated carbocycles. The predicted molar refractivity (Wildman–Crippen MR) is 82.5 cm³/mol. The molecule has 1 unspecified atom stereocenters. The number of pyridine rings is 1. The molecule has 0 bridgehead atoms. The highest BCUT2D eigenvalue weighted by Crippen LogP contribution is 2.11. The van der Waals surface area contributed by atoms with Crippen molar-refractivity contribution in [2.24, 2.45) is 0 Å².